The first-order valence-corrected chi connectivity index (χ1v) is 8.03. The predicted molar refractivity (Wildman–Crippen MR) is 89.3 cm³/mol. The van der Waals surface area contributed by atoms with Gasteiger partial charge in [-0.1, -0.05) is 34.1 Å². The fraction of sp³-hybridized carbons (Fsp3) is 0.611. The van der Waals surface area contributed by atoms with Crippen LogP contribution < -0.4 is 10.1 Å². The lowest BCUT2D eigenvalue weighted by Gasteiger charge is -2.25. The Morgan fingerprint density at radius 1 is 1.27 bits per heavy atom. The molecule has 22 heavy (non-hydrogen) atoms. The smallest absolute Gasteiger partial charge is 0.251 e. The molecule has 2 N–H and O–H groups in total. The topological polar surface area (TPSA) is 58.6 Å². The third kappa shape index (κ3) is 6.48. The molecule has 0 saturated carbocycles. The lowest BCUT2D eigenvalue weighted by atomic mass is 9.87. The average molecular weight is 307 g/mol. The van der Waals surface area contributed by atoms with E-state index in [0.29, 0.717) is 25.1 Å². The van der Waals surface area contributed by atoms with Gasteiger partial charge in [0.15, 0.2) is 0 Å². The van der Waals surface area contributed by atoms with Crippen molar-refractivity contribution in [2.75, 3.05) is 13.2 Å². The molecule has 124 valence electrons. The summed E-state index contributed by atoms with van der Waals surface area (Å²) in [6.45, 7) is 9.23. The highest BCUT2D eigenvalue weighted by molar-refractivity contribution is 5.94. The zero-order chi connectivity index (χ0) is 16.6. The van der Waals surface area contributed by atoms with Crippen molar-refractivity contribution in [3.05, 3.63) is 29.8 Å². The van der Waals surface area contributed by atoms with Gasteiger partial charge in [0.05, 0.1) is 12.7 Å². The van der Waals surface area contributed by atoms with Crippen LogP contribution in [0.3, 0.4) is 0 Å². The standard InChI is InChI=1S/C18H29NO3/c1-5-6-13-22-15-9-7-14(8-10-15)17(21)19-12-11-16(20)18(2,3)4/h7-10,16,20H,5-6,11-13H2,1-4H3,(H,19,21). The van der Waals surface area contributed by atoms with E-state index >= 15 is 0 Å². The molecule has 0 heterocycles. The van der Waals surface area contributed by atoms with Crippen LogP contribution in [-0.4, -0.2) is 30.3 Å². The fourth-order valence-electron chi connectivity index (χ4n) is 1.89. The van der Waals surface area contributed by atoms with Crippen LogP contribution in [-0.2, 0) is 0 Å². The highest BCUT2D eigenvalue weighted by atomic mass is 16.5. The van der Waals surface area contributed by atoms with Crippen molar-refractivity contribution in [1.29, 1.82) is 0 Å². The van der Waals surface area contributed by atoms with E-state index in [1.807, 2.05) is 32.9 Å². The molecule has 0 saturated heterocycles. The van der Waals surface area contributed by atoms with Crippen LogP contribution in [0.15, 0.2) is 24.3 Å². The van der Waals surface area contributed by atoms with E-state index in [0.717, 1.165) is 18.6 Å². The largest absolute Gasteiger partial charge is 0.494 e. The number of nitrogens with one attached hydrogen (secondary N) is 1. The van der Waals surface area contributed by atoms with Crippen LogP contribution >= 0.6 is 0 Å². The van der Waals surface area contributed by atoms with Gasteiger partial charge in [-0.15, -0.1) is 0 Å². The monoisotopic (exact) mass is 307 g/mol. The molecule has 1 aromatic carbocycles. The molecule has 4 heteroatoms. The SMILES string of the molecule is CCCCOc1ccc(C(=O)NCCC(O)C(C)(C)C)cc1. The maximum atomic E-state index is 12.0. The molecule has 1 unspecified atom stereocenters. The summed E-state index contributed by atoms with van der Waals surface area (Å²) < 4.78 is 5.57. The second kappa shape index (κ2) is 8.79. The van der Waals surface area contributed by atoms with Crippen molar-refractivity contribution in [3.8, 4) is 5.75 Å². The van der Waals surface area contributed by atoms with Gasteiger partial charge in [-0.05, 0) is 42.5 Å². The first-order valence-electron chi connectivity index (χ1n) is 8.03. The number of ether oxygens (including phenoxy) is 1. The normalized spacial score (nSPS) is 12.8. The number of carbonyl (C=O) groups is 1. The Hall–Kier alpha value is -1.55. The molecular weight excluding hydrogens is 278 g/mol. The van der Waals surface area contributed by atoms with Crippen molar-refractivity contribution in [1.82, 2.24) is 5.32 Å². The molecular formula is C18H29NO3. The lowest BCUT2D eigenvalue weighted by Crippen LogP contribution is -2.32. The van der Waals surface area contributed by atoms with Crippen LogP contribution in [0.25, 0.3) is 0 Å². The summed E-state index contributed by atoms with van der Waals surface area (Å²) in [4.78, 5) is 12.0. The fourth-order valence-corrected chi connectivity index (χ4v) is 1.89. The summed E-state index contributed by atoms with van der Waals surface area (Å²) in [5, 5.41) is 12.8. The second-order valence-corrected chi connectivity index (χ2v) is 6.65. The number of rotatable bonds is 8. The third-order valence-corrected chi connectivity index (χ3v) is 3.59. The van der Waals surface area contributed by atoms with Crippen molar-refractivity contribution in [3.63, 3.8) is 0 Å². The van der Waals surface area contributed by atoms with Gasteiger partial charge in [0, 0.05) is 12.1 Å². The highest BCUT2D eigenvalue weighted by Gasteiger charge is 2.21. The predicted octanol–water partition coefficient (Wildman–Crippen LogP) is 3.39. The highest BCUT2D eigenvalue weighted by Crippen LogP contribution is 2.21. The molecule has 0 aliphatic rings. The summed E-state index contributed by atoms with van der Waals surface area (Å²) in [6, 6.07) is 7.15. The number of aliphatic hydroxyl groups is 1. The summed E-state index contributed by atoms with van der Waals surface area (Å²) in [5.41, 5.74) is 0.440. The minimum Gasteiger partial charge on any atom is -0.494 e. The lowest BCUT2D eigenvalue weighted by molar-refractivity contribution is 0.0551. The van der Waals surface area contributed by atoms with Gasteiger partial charge in [-0.3, -0.25) is 4.79 Å². The van der Waals surface area contributed by atoms with Crippen LogP contribution in [0.1, 0.15) is 57.3 Å². The number of unbranched alkanes of at least 4 members (excludes halogenated alkanes) is 1. The third-order valence-electron chi connectivity index (χ3n) is 3.59. The Balaban J connectivity index is 2.39. The maximum Gasteiger partial charge on any atom is 0.251 e. The number of hydrogen-bond donors (Lipinski definition) is 2. The Morgan fingerprint density at radius 3 is 2.45 bits per heavy atom. The van der Waals surface area contributed by atoms with Crippen LogP contribution in [0, 0.1) is 5.41 Å². The van der Waals surface area contributed by atoms with Gasteiger partial charge in [-0.2, -0.15) is 0 Å². The van der Waals surface area contributed by atoms with Crippen LogP contribution in [0.5, 0.6) is 5.75 Å². The molecule has 0 aliphatic heterocycles. The molecule has 1 rings (SSSR count). The van der Waals surface area contributed by atoms with E-state index < -0.39 is 6.10 Å². The molecule has 4 nitrogen and oxygen atoms in total. The van der Waals surface area contributed by atoms with Crippen LogP contribution in [0.2, 0.25) is 0 Å². The number of hydrogen-bond acceptors (Lipinski definition) is 3. The van der Waals surface area contributed by atoms with E-state index in [1.165, 1.54) is 0 Å². The van der Waals surface area contributed by atoms with Gasteiger partial charge in [0.2, 0.25) is 0 Å². The first kappa shape index (κ1) is 18.5. The quantitative estimate of drug-likeness (QED) is 0.724. The van der Waals surface area contributed by atoms with E-state index in [4.69, 9.17) is 4.74 Å². The molecule has 0 bridgehead atoms. The van der Waals surface area contributed by atoms with Crippen molar-refractivity contribution in [2.24, 2.45) is 5.41 Å². The molecule has 0 aliphatic carbocycles. The zero-order valence-corrected chi connectivity index (χ0v) is 14.2. The van der Waals surface area contributed by atoms with Crippen molar-refractivity contribution in [2.45, 2.75) is 53.1 Å². The van der Waals surface area contributed by atoms with Gasteiger partial charge < -0.3 is 15.2 Å². The molecule has 0 aromatic heterocycles. The summed E-state index contributed by atoms with van der Waals surface area (Å²) in [5.74, 6) is 0.661. The van der Waals surface area contributed by atoms with E-state index in [2.05, 4.69) is 12.2 Å². The summed E-state index contributed by atoms with van der Waals surface area (Å²) >= 11 is 0. The Bertz CT molecular complexity index is 448. The Kier molecular flexibility index (Phi) is 7.39. The van der Waals surface area contributed by atoms with Crippen molar-refractivity contribution < 1.29 is 14.6 Å². The van der Waals surface area contributed by atoms with Gasteiger partial charge >= 0.3 is 0 Å². The maximum absolute atomic E-state index is 12.0. The molecule has 1 amide bonds. The summed E-state index contributed by atoms with van der Waals surface area (Å²) in [7, 11) is 0. The number of benzene rings is 1. The average Bonchev–Trinajstić information content (AvgIpc) is 2.47. The van der Waals surface area contributed by atoms with Gasteiger partial charge in [0.1, 0.15) is 5.75 Å². The Morgan fingerprint density at radius 2 is 1.91 bits per heavy atom. The van der Waals surface area contributed by atoms with Gasteiger partial charge in [-0.25, -0.2) is 0 Å². The van der Waals surface area contributed by atoms with Crippen LogP contribution in [0.4, 0.5) is 0 Å². The van der Waals surface area contributed by atoms with Crippen molar-refractivity contribution >= 4 is 5.91 Å². The number of carbonyl (C=O) groups excluding carboxylic acids is 1. The van der Waals surface area contributed by atoms with Gasteiger partial charge in [0.25, 0.3) is 5.91 Å². The molecule has 0 radical (unpaired) electrons. The molecule has 0 spiro atoms. The molecule has 1 aromatic rings. The van der Waals surface area contributed by atoms with E-state index in [-0.39, 0.29) is 11.3 Å². The van der Waals surface area contributed by atoms with E-state index in [9.17, 15) is 9.90 Å². The Labute approximate surface area is 133 Å². The minimum atomic E-state index is -0.429. The number of amides is 1. The molecule has 0 fully saturated rings. The minimum absolute atomic E-state index is 0.124. The van der Waals surface area contributed by atoms with E-state index in [1.54, 1.807) is 12.1 Å². The first-order chi connectivity index (χ1) is 10.3. The number of aliphatic hydroxyl groups excluding tert-OH is 1. The zero-order valence-electron chi connectivity index (χ0n) is 14.2. The second-order valence-electron chi connectivity index (χ2n) is 6.65. The summed E-state index contributed by atoms with van der Waals surface area (Å²) in [6.07, 6.45) is 2.24. The molecule has 1 atom stereocenters.